The fourth-order valence-corrected chi connectivity index (χ4v) is 4.99. The van der Waals surface area contributed by atoms with Gasteiger partial charge in [-0.2, -0.15) is 9.40 Å². The highest BCUT2D eigenvalue weighted by Crippen LogP contribution is 2.27. The number of pyridine rings is 1. The van der Waals surface area contributed by atoms with Crippen molar-refractivity contribution in [2.75, 3.05) is 26.2 Å². The molecular weight excluding hydrogens is 422 g/mol. The maximum Gasteiger partial charge on any atom is 0.275 e. The first kappa shape index (κ1) is 19.0. The van der Waals surface area contributed by atoms with E-state index in [9.17, 15) is 13.2 Å². The first-order valence-corrected chi connectivity index (χ1v) is 10.5. The molecule has 2 aromatic heterocycles. The first-order chi connectivity index (χ1) is 12.3. The molecule has 1 aliphatic heterocycles. The molecule has 8 nitrogen and oxygen atoms in total. The van der Waals surface area contributed by atoms with Gasteiger partial charge in [0.2, 0.25) is 10.0 Å². The van der Waals surface area contributed by atoms with E-state index in [2.05, 4.69) is 31.1 Å². The van der Waals surface area contributed by atoms with Gasteiger partial charge in [0.05, 0.1) is 10.2 Å². The number of hydrogen-bond donors (Lipinski definition) is 1. The third kappa shape index (κ3) is 3.53. The SMILES string of the molecule is CC(C)c1[nH]nc(C(=O)N2CCN(S(=O)(=O)c3cccnc3)CC2)c1Br. The van der Waals surface area contributed by atoms with Crippen molar-refractivity contribution < 1.29 is 13.2 Å². The van der Waals surface area contributed by atoms with Gasteiger partial charge < -0.3 is 4.90 Å². The van der Waals surface area contributed by atoms with Gasteiger partial charge in [-0.1, -0.05) is 13.8 Å². The topological polar surface area (TPSA) is 99.3 Å². The molecule has 1 saturated heterocycles. The van der Waals surface area contributed by atoms with Crippen molar-refractivity contribution in [2.24, 2.45) is 0 Å². The number of halogens is 1. The van der Waals surface area contributed by atoms with Crippen LogP contribution in [0.25, 0.3) is 0 Å². The summed E-state index contributed by atoms with van der Waals surface area (Å²) in [6.45, 7) is 5.12. The predicted molar refractivity (Wildman–Crippen MR) is 99.3 cm³/mol. The van der Waals surface area contributed by atoms with Gasteiger partial charge in [0.25, 0.3) is 5.91 Å². The Hall–Kier alpha value is -1.78. The standard InChI is InChI=1S/C16H20BrN5O3S/c1-11(2)14-13(17)15(20-19-14)16(23)21-6-8-22(9-7-21)26(24,25)12-4-3-5-18-10-12/h3-5,10-11H,6-9H2,1-2H3,(H,19,20). The number of sulfonamides is 1. The summed E-state index contributed by atoms with van der Waals surface area (Å²) in [4.78, 5) is 18.4. The summed E-state index contributed by atoms with van der Waals surface area (Å²) in [7, 11) is -3.59. The van der Waals surface area contributed by atoms with Crippen molar-refractivity contribution in [1.82, 2.24) is 24.4 Å². The number of aromatic nitrogens is 3. The highest BCUT2D eigenvalue weighted by molar-refractivity contribution is 9.10. The van der Waals surface area contributed by atoms with Crippen LogP contribution in [0.2, 0.25) is 0 Å². The highest BCUT2D eigenvalue weighted by atomic mass is 79.9. The zero-order chi connectivity index (χ0) is 18.9. The fraction of sp³-hybridized carbons (Fsp3) is 0.438. The van der Waals surface area contributed by atoms with Crippen LogP contribution in [0.3, 0.4) is 0 Å². The summed E-state index contributed by atoms with van der Waals surface area (Å²) in [5, 5.41) is 7.01. The molecule has 1 amide bonds. The maximum atomic E-state index is 12.7. The van der Waals surface area contributed by atoms with Gasteiger partial charge in [-0.15, -0.1) is 0 Å². The lowest BCUT2D eigenvalue weighted by Gasteiger charge is -2.33. The molecule has 1 fully saturated rings. The van der Waals surface area contributed by atoms with Crippen molar-refractivity contribution >= 4 is 31.9 Å². The number of amides is 1. The Kier molecular flexibility index (Phi) is 5.44. The summed E-state index contributed by atoms with van der Waals surface area (Å²) in [6, 6.07) is 3.11. The molecule has 1 aliphatic rings. The number of H-pyrrole nitrogens is 1. The molecule has 1 N–H and O–H groups in total. The van der Waals surface area contributed by atoms with Gasteiger partial charge in [-0.25, -0.2) is 8.42 Å². The average Bonchev–Trinajstić information content (AvgIpc) is 3.03. The van der Waals surface area contributed by atoms with Crippen LogP contribution in [0, 0.1) is 0 Å². The lowest BCUT2D eigenvalue weighted by Crippen LogP contribution is -2.50. The number of carbonyl (C=O) groups excluding carboxylic acids is 1. The Morgan fingerprint density at radius 1 is 1.27 bits per heavy atom. The molecule has 0 atom stereocenters. The molecule has 3 rings (SSSR count). The van der Waals surface area contributed by atoms with Gasteiger partial charge in [0, 0.05) is 38.6 Å². The summed E-state index contributed by atoms with van der Waals surface area (Å²) < 4.78 is 27.3. The molecule has 140 valence electrons. The van der Waals surface area contributed by atoms with E-state index < -0.39 is 10.0 Å². The van der Waals surface area contributed by atoms with E-state index in [-0.39, 0.29) is 29.8 Å². The second-order valence-corrected chi connectivity index (χ2v) is 9.07. The second-order valence-electron chi connectivity index (χ2n) is 6.34. The van der Waals surface area contributed by atoms with Gasteiger partial charge in [0.15, 0.2) is 5.69 Å². The number of carbonyl (C=O) groups is 1. The average molecular weight is 442 g/mol. The third-order valence-corrected chi connectivity index (χ3v) is 7.00. The number of nitrogens with zero attached hydrogens (tertiary/aromatic N) is 4. The third-order valence-electron chi connectivity index (χ3n) is 4.31. The van der Waals surface area contributed by atoms with Crippen molar-refractivity contribution in [3.05, 3.63) is 40.4 Å². The van der Waals surface area contributed by atoms with E-state index in [1.54, 1.807) is 11.0 Å². The van der Waals surface area contributed by atoms with Crippen molar-refractivity contribution in [1.29, 1.82) is 0 Å². The van der Waals surface area contributed by atoms with Crippen LogP contribution < -0.4 is 0 Å². The van der Waals surface area contributed by atoms with Gasteiger partial charge in [0.1, 0.15) is 4.90 Å². The Bertz CT molecular complexity index is 890. The van der Waals surface area contributed by atoms with Gasteiger partial charge in [-0.05, 0) is 34.0 Å². The maximum absolute atomic E-state index is 12.7. The lowest BCUT2D eigenvalue weighted by molar-refractivity contribution is 0.0691. The first-order valence-electron chi connectivity index (χ1n) is 8.25. The van der Waals surface area contributed by atoms with E-state index in [0.717, 1.165) is 5.69 Å². The van der Waals surface area contributed by atoms with E-state index in [0.29, 0.717) is 23.3 Å². The Balaban J connectivity index is 1.70. The molecule has 0 aliphatic carbocycles. The minimum absolute atomic E-state index is 0.163. The monoisotopic (exact) mass is 441 g/mol. The van der Waals surface area contributed by atoms with E-state index in [4.69, 9.17) is 0 Å². The number of aromatic amines is 1. The number of nitrogens with one attached hydrogen (secondary N) is 1. The van der Waals surface area contributed by atoms with E-state index in [1.165, 1.54) is 22.8 Å². The minimum atomic E-state index is -3.59. The highest BCUT2D eigenvalue weighted by Gasteiger charge is 2.32. The van der Waals surface area contributed by atoms with Gasteiger partial charge in [-0.3, -0.25) is 14.9 Å². The van der Waals surface area contributed by atoms with Crippen molar-refractivity contribution in [3.63, 3.8) is 0 Å². The predicted octanol–water partition coefficient (Wildman–Crippen LogP) is 1.84. The summed E-state index contributed by atoms with van der Waals surface area (Å²) >= 11 is 3.44. The van der Waals surface area contributed by atoms with Crippen LogP contribution in [-0.4, -0.2) is 64.9 Å². The largest absolute Gasteiger partial charge is 0.335 e. The number of rotatable bonds is 4. The molecular formula is C16H20BrN5O3S. The van der Waals surface area contributed by atoms with Gasteiger partial charge >= 0.3 is 0 Å². The number of hydrogen-bond acceptors (Lipinski definition) is 5. The minimum Gasteiger partial charge on any atom is -0.335 e. The Labute approximate surface area is 160 Å². The Morgan fingerprint density at radius 3 is 2.50 bits per heavy atom. The summed E-state index contributed by atoms with van der Waals surface area (Å²) in [5.74, 6) is -0.00153. The molecule has 2 aromatic rings. The van der Waals surface area contributed by atoms with Crippen LogP contribution >= 0.6 is 15.9 Å². The van der Waals surface area contributed by atoms with Crippen LogP contribution in [-0.2, 0) is 10.0 Å². The van der Waals surface area contributed by atoms with Crippen LogP contribution in [0.5, 0.6) is 0 Å². The van der Waals surface area contributed by atoms with Crippen molar-refractivity contribution in [2.45, 2.75) is 24.7 Å². The molecule has 0 aromatic carbocycles. The summed E-state index contributed by atoms with van der Waals surface area (Å²) in [6.07, 6.45) is 2.86. The van der Waals surface area contributed by atoms with Crippen molar-refractivity contribution in [3.8, 4) is 0 Å². The Morgan fingerprint density at radius 2 is 1.96 bits per heavy atom. The van der Waals surface area contributed by atoms with Crippen LogP contribution in [0.15, 0.2) is 33.9 Å². The molecule has 0 unspecified atom stereocenters. The van der Waals surface area contributed by atoms with Crippen LogP contribution in [0.1, 0.15) is 35.9 Å². The quantitative estimate of drug-likeness (QED) is 0.779. The van der Waals surface area contributed by atoms with E-state index >= 15 is 0 Å². The lowest BCUT2D eigenvalue weighted by atomic mass is 10.1. The molecule has 0 spiro atoms. The van der Waals surface area contributed by atoms with E-state index in [1.807, 2.05) is 13.8 Å². The molecule has 0 saturated carbocycles. The molecule has 26 heavy (non-hydrogen) atoms. The number of piperazine rings is 1. The molecule has 0 radical (unpaired) electrons. The molecule has 3 heterocycles. The second kappa shape index (κ2) is 7.45. The zero-order valence-corrected chi connectivity index (χ0v) is 16.9. The molecule has 10 heteroatoms. The molecule has 0 bridgehead atoms. The summed E-state index contributed by atoms with van der Waals surface area (Å²) in [5.41, 5.74) is 1.20. The fourth-order valence-electron chi connectivity index (χ4n) is 2.80. The van der Waals surface area contributed by atoms with Crippen LogP contribution in [0.4, 0.5) is 0 Å². The zero-order valence-electron chi connectivity index (χ0n) is 14.5. The smallest absolute Gasteiger partial charge is 0.275 e. The normalized spacial score (nSPS) is 16.2.